The molecule has 0 spiro atoms. The van der Waals surface area contributed by atoms with Crippen molar-refractivity contribution >= 4 is 21.6 Å². The molecular formula is C18H22N2O4S. The van der Waals surface area contributed by atoms with Crippen LogP contribution in [0.25, 0.3) is 0 Å². The smallest absolute Gasteiger partial charge is 0.262 e. The topological polar surface area (TPSA) is 75.7 Å². The summed E-state index contributed by atoms with van der Waals surface area (Å²) < 4.78 is 30.9. The Balaban J connectivity index is 2.01. The number of anilines is 1. The number of benzene rings is 2. The van der Waals surface area contributed by atoms with Crippen LogP contribution in [-0.2, 0) is 21.2 Å². The molecule has 0 aliphatic heterocycles. The van der Waals surface area contributed by atoms with E-state index in [1.165, 1.54) is 26.2 Å². The molecule has 0 saturated carbocycles. The number of hydrogen-bond donors (Lipinski definition) is 1. The van der Waals surface area contributed by atoms with Gasteiger partial charge >= 0.3 is 0 Å². The summed E-state index contributed by atoms with van der Waals surface area (Å²) in [5, 5.41) is 2.65. The molecule has 0 fully saturated rings. The highest BCUT2D eigenvalue weighted by molar-refractivity contribution is 7.89. The van der Waals surface area contributed by atoms with E-state index in [2.05, 4.69) is 5.32 Å². The molecule has 0 saturated heterocycles. The Labute approximate surface area is 148 Å². The molecule has 1 N–H and O–H groups in total. The molecule has 0 aliphatic rings. The first-order chi connectivity index (χ1) is 11.8. The number of carbonyl (C=O) groups excluding carboxylic acids is 1. The number of sulfonamides is 1. The highest BCUT2D eigenvalue weighted by Gasteiger charge is 2.17. The van der Waals surface area contributed by atoms with Gasteiger partial charge in [-0.15, -0.1) is 0 Å². The van der Waals surface area contributed by atoms with Gasteiger partial charge in [0, 0.05) is 19.8 Å². The molecule has 7 heteroatoms. The number of ether oxygens (including phenoxy) is 1. The SMILES string of the molecule is CCc1cccc(OCC(=O)Nc2cccc(S(=O)(=O)N(C)C)c2)c1. The lowest BCUT2D eigenvalue weighted by Crippen LogP contribution is -2.23. The molecule has 134 valence electrons. The molecule has 6 nitrogen and oxygen atoms in total. The van der Waals surface area contributed by atoms with E-state index in [4.69, 9.17) is 4.74 Å². The van der Waals surface area contributed by atoms with E-state index in [0.29, 0.717) is 11.4 Å². The summed E-state index contributed by atoms with van der Waals surface area (Å²) in [6, 6.07) is 13.7. The fourth-order valence-corrected chi connectivity index (χ4v) is 3.09. The standard InChI is InChI=1S/C18H22N2O4S/c1-4-14-7-5-9-16(11-14)24-13-18(21)19-15-8-6-10-17(12-15)25(22,23)20(2)3/h5-12H,4,13H2,1-3H3,(H,19,21). The fourth-order valence-electron chi connectivity index (χ4n) is 2.15. The molecule has 0 atom stereocenters. The van der Waals surface area contributed by atoms with Gasteiger partial charge in [0.1, 0.15) is 5.75 Å². The molecule has 2 rings (SSSR count). The number of nitrogens with zero attached hydrogens (tertiary/aromatic N) is 1. The van der Waals surface area contributed by atoms with E-state index in [0.717, 1.165) is 16.3 Å². The van der Waals surface area contributed by atoms with E-state index in [-0.39, 0.29) is 17.4 Å². The summed E-state index contributed by atoms with van der Waals surface area (Å²) in [6.45, 7) is 1.89. The first-order valence-electron chi connectivity index (χ1n) is 7.87. The van der Waals surface area contributed by atoms with Gasteiger partial charge in [0.2, 0.25) is 10.0 Å². The van der Waals surface area contributed by atoms with E-state index in [9.17, 15) is 13.2 Å². The lowest BCUT2D eigenvalue weighted by atomic mass is 10.2. The number of carbonyl (C=O) groups is 1. The lowest BCUT2D eigenvalue weighted by molar-refractivity contribution is -0.118. The van der Waals surface area contributed by atoms with Crippen molar-refractivity contribution in [3.05, 3.63) is 54.1 Å². The van der Waals surface area contributed by atoms with Gasteiger partial charge in [-0.2, -0.15) is 0 Å². The summed E-state index contributed by atoms with van der Waals surface area (Å²) in [6.07, 6.45) is 0.885. The Kier molecular flexibility index (Phi) is 6.17. The van der Waals surface area contributed by atoms with Crippen LogP contribution in [0.4, 0.5) is 5.69 Å². The molecule has 0 aromatic heterocycles. The molecular weight excluding hydrogens is 340 g/mol. The highest BCUT2D eigenvalue weighted by Crippen LogP contribution is 2.18. The zero-order valence-corrected chi connectivity index (χ0v) is 15.3. The number of aryl methyl sites for hydroxylation is 1. The minimum absolute atomic E-state index is 0.117. The van der Waals surface area contributed by atoms with Gasteiger partial charge in [-0.3, -0.25) is 4.79 Å². The van der Waals surface area contributed by atoms with Crippen molar-refractivity contribution in [1.29, 1.82) is 0 Å². The average molecular weight is 362 g/mol. The third-order valence-electron chi connectivity index (χ3n) is 3.57. The van der Waals surface area contributed by atoms with Crippen LogP contribution in [0.2, 0.25) is 0 Å². The Bertz CT molecular complexity index is 848. The van der Waals surface area contributed by atoms with Gasteiger partial charge in [0.25, 0.3) is 5.91 Å². The van der Waals surface area contributed by atoms with Crippen LogP contribution in [0.1, 0.15) is 12.5 Å². The Morgan fingerprint density at radius 2 is 1.84 bits per heavy atom. The van der Waals surface area contributed by atoms with Crippen LogP contribution in [0.5, 0.6) is 5.75 Å². The second kappa shape index (κ2) is 8.13. The summed E-state index contributed by atoms with van der Waals surface area (Å²) in [4.78, 5) is 12.2. The van der Waals surface area contributed by atoms with E-state index >= 15 is 0 Å². The van der Waals surface area contributed by atoms with Gasteiger partial charge in [-0.25, -0.2) is 12.7 Å². The second-order valence-corrected chi connectivity index (χ2v) is 7.80. The number of rotatable bonds is 7. The largest absolute Gasteiger partial charge is 0.484 e. The Hall–Kier alpha value is -2.38. The van der Waals surface area contributed by atoms with Crippen molar-refractivity contribution in [1.82, 2.24) is 4.31 Å². The quantitative estimate of drug-likeness (QED) is 0.821. The van der Waals surface area contributed by atoms with Crippen LogP contribution in [-0.4, -0.2) is 39.3 Å². The van der Waals surface area contributed by atoms with Crippen LogP contribution >= 0.6 is 0 Å². The molecule has 1 amide bonds. The predicted molar refractivity (Wildman–Crippen MR) is 97.3 cm³/mol. The molecule has 25 heavy (non-hydrogen) atoms. The number of amides is 1. The Morgan fingerprint density at radius 1 is 1.12 bits per heavy atom. The third-order valence-corrected chi connectivity index (χ3v) is 5.38. The fraction of sp³-hybridized carbons (Fsp3) is 0.278. The highest BCUT2D eigenvalue weighted by atomic mass is 32.2. The van der Waals surface area contributed by atoms with Gasteiger partial charge in [0.05, 0.1) is 4.90 Å². The lowest BCUT2D eigenvalue weighted by Gasteiger charge is -2.13. The summed E-state index contributed by atoms with van der Waals surface area (Å²) in [7, 11) is -0.633. The van der Waals surface area contributed by atoms with Crippen LogP contribution in [0.15, 0.2) is 53.4 Å². The molecule has 0 heterocycles. The maximum atomic E-state index is 12.1. The van der Waals surface area contributed by atoms with Crippen LogP contribution in [0, 0.1) is 0 Å². The zero-order chi connectivity index (χ0) is 18.4. The predicted octanol–water partition coefficient (Wildman–Crippen LogP) is 2.52. The summed E-state index contributed by atoms with van der Waals surface area (Å²) in [5.74, 6) is 0.264. The summed E-state index contributed by atoms with van der Waals surface area (Å²) >= 11 is 0. The number of hydrogen-bond acceptors (Lipinski definition) is 4. The molecule has 0 unspecified atom stereocenters. The van der Waals surface area contributed by atoms with Crippen LogP contribution < -0.4 is 10.1 Å². The molecule has 0 bridgehead atoms. The summed E-state index contributed by atoms with van der Waals surface area (Å²) in [5.41, 5.74) is 1.53. The first kappa shape index (κ1) is 19.0. The third kappa shape index (κ3) is 5.04. The van der Waals surface area contributed by atoms with Gasteiger partial charge in [-0.05, 0) is 42.3 Å². The van der Waals surface area contributed by atoms with Gasteiger partial charge < -0.3 is 10.1 Å². The normalized spacial score (nSPS) is 11.4. The minimum atomic E-state index is -3.55. The maximum absolute atomic E-state index is 12.1. The molecule has 2 aromatic rings. The van der Waals surface area contributed by atoms with Crippen molar-refractivity contribution in [3.63, 3.8) is 0 Å². The zero-order valence-electron chi connectivity index (χ0n) is 14.5. The Morgan fingerprint density at radius 3 is 2.52 bits per heavy atom. The minimum Gasteiger partial charge on any atom is -0.484 e. The van der Waals surface area contributed by atoms with Crippen molar-refractivity contribution < 1.29 is 17.9 Å². The van der Waals surface area contributed by atoms with E-state index in [1.807, 2.05) is 25.1 Å². The monoisotopic (exact) mass is 362 g/mol. The first-order valence-corrected chi connectivity index (χ1v) is 9.31. The van der Waals surface area contributed by atoms with Crippen LogP contribution in [0.3, 0.4) is 0 Å². The van der Waals surface area contributed by atoms with Crippen molar-refractivity contribution in [2.45, 2.75) is 18.2 Å². The van der Waals surface area contributed by atoms with E-state index < -0.39 is 10.0 Å². The second-order valence-electron chi connectivity index (χ2n) is 5.65. The average Bonchev–Trinajstić information content (AvgIpc) is 2.60. The number of nitrogens with one attached hydrogen (secondary N) is 1. The molecule has 2 aromatic carbocycles. The van der Waals surface area contributed by atoms with Gasteiger partial charge in [-0.1, -0.05) is 25.1 Å². The molecule has 0 aliphatic carbocycles. The maximum Gasteiger partial charge on any atom is 0.262 e. The van der Waals surface area contributed by atoms with Gasteiger partial charge in [0.15, 0.2) is 6.61 Å². The molecule has 0 radical (unpaired) electrons. The van der Waals surface area contributed by atoms with Crippen molar-refractivity contribution in [3.8, 4) is 5.75 Å². The van der Waals surface area contributed by atoms with Crippen molar-refractivity contribution in [2.24, 2.45) is 0 Å². The van der Waals surface area contributed by atoms with E-state index in [1.54, 1.807) is 18.2 Å². The van der Waals surface area contributed by atoms with Crippen molar-refractivity contribution in [2.75, 3.05) is 26.0 Å².